The van der Waals surface area contributed by atoms with Gasteiger partial charge in [0.25, 0.3) is 0 Å². The molecular weight excluding hydrogens is 300 g/mol. The van der Waals surface area contributed by atoms with Gasteiger partial charge in [-0.1, -0.05) is 0 Å². The van der Waals surface area contributed by atoms with Crippen molar-refractivity contribution in [1.82, 2.24) is 9.97 Å². The van der Waals surface area contributed by atoms with Crippen molar-refractivity contribution in [3.8, 4) is 34.0 Å². The molecule has 0 saturated carbocycles. The molecule has 0 amide bonds. The van der Waals surface area contributed by atoms with Gasteiger partial charge in [0.15, 0.2) is 0 Å². The van der Waals surface area contributed by atoms with Gasteiger partial charge in [0.05, 0.1) is 37.0 Å². The lowest BCUT2D eigenvalue weighted by atomic mass is 10.1. The number of ether oxygens (including phenoxy) is 2. The van der Waals surface area contributed by atoms with Crippen LogP contribution in [0.2, 0.25) is 0 Å². The van der Waals surface area contributed by atoms with Crippen LogP contribution in [0.5, 0.6) is 11.5 Å². The van der Waals surface area contributed by atoms with Crippen LogP contribution < -0.4 is 9.47 Å². The zero-order chi connectivity index (χ0) is 17.1. The summed E-state index contributed by atoms with van der Waals surface area (Å²) in [4.78, 5) is 9.57. The third-order valence-corrected chi connectivity index (χ3v) is 3.97. The maximum atomic E-state index is 5.21. The molecule has 3 aromatic rings. The summed E-state index contributed by atoms with van der Waals surface area (Å²) in [7, 11) is 3.32. The van der Waals surface area contributed by atoms with Gasteiger partial charge in [0.1, 0.15) is 11.5 Å². The van der Waals surface area contributed by atoms with Gasteiger partial charge in [-0.05, 0) is 62.4 Å². The first-order valence-corrected chi connectivity index (χ1v) is 7.76. The molecule has 24 heavy (non-hydrogen) atoms. The third-order valence-electron chi connectivity index (χ3n) is 3.97. The second kappa shape index (κ2) is 6.71. The van der Waals surface area contributed by atoms with Crippen LogP contribution in [-0.2, 0) is 0 Å². The molecule has 0 unspecified atom stereocenters. The smallest absolute Gasteiger partial charge is 0.118 e. The second-order valence-electron chi connectivity index (χ2n) is 5.55. The van der Waals surface area contributed by atoms with E-state index in [1.54, 1.807) is 14.2 Å². The van der Waals surface area contributed by atoms with Gasteiger partial charge >= 0.3 is 0 Å². The summed E-state index contributed by atoms with van der Waals surface area (Å²) in [6, 6.07) is 15.7. The lowest BCUT2D eigenvalue weighted by Crippen LogP contribution is -1.99. The molecular formula is C20H20N2O2. The number of rotatable bonds is 4. The second-order valence-corrected chi connectivity index (χ2v) is 5.55. The maximum absolute atomic E-state index is 5.21. The van der Waals surface area contributed by atoms with E-state index in [2.05, 4.69) is 0 Å². The predicted octanol–water partition coefficient (Wildman–Crippen LogP) is 4.44. The molecule has 0 N–H and O–H groups in total. The first-order valence-electron chi connectivity index (χ1n) is 7.76. The van der Waals surface area contributed by atoms with Crippen LogP contribution >= 0.6 is 0 Å². The van der Waals surface area contributed by atoms with E-state index in [1.165, 1.54) is 0 Å². The lowest BCUT2D eigenvalue weighted by Gasteiger charge is -2.11. The van der Waals surface area contributed by atoms with Crippen molar-refractivity contribution < 1.29 is 9.47 Å². The van der Waals surface area contributed by atoms with Crippen molar-refractivity contribution in [1.29, 1.82) is 0 Å². The average Bonchev–Trinajstić information content (AvgIpc) is 2.63. The summed E-state index contributed by atoms with van der Waals surface area (Å²) in [6.45, 7) is 3.97. The molecule has 4 nitrogen and oxygen atoms in total. The molecule has 0 atom stereocenters. The fourth-order valence-electron chi connectivity index (χ4n) is 2.65. The zero-order valence-corrected chi connectivity index (χ0v) is 14.3. The molecule has 0 aliphatic carbocycles. The number of aromatic nitrogens is 2. The molecule has 1 heterocycles. The Labute approximate surface area is 142 Å². The molecule has 3 rings (SSSR count). The molecule has 0 fully saturated rings. The van der Waals surface area contributed by atoms with Crippen molar-refractivity contribution in [2.45, 2.75) is 13.8 Å². The van der Waals surface area contributed by atoms with E-state index in [1.807, 2.05) is 62.4 Å². The molecule has 0 spiro atoms. The van der Waals surface area contributed by atoms with Gasteiger partial charge in [-0.15, -0.1) is 0 Å². The van der Waals surface area contributed by atoms with Gasteiger partial charge in [-0.25, -0.2) is 9.97 Å². The van der Waals surface area contributed by atoms with Crippen molar-refractivity contribution in [2.24, 2.45) is 0 Å². The largest absolute Gasteiger partial charge is 0.497 e. The van der Waals surface area contributed by atoms with Crippen LogP contribution in [0.1, 0.15) is 11.4 Å². The molecule has 0 aliphatic rings. The van der Waals surface area contributed by atoms with Gasteiger partial charge < -0.3 is 9.47 Å². The maximum Gasteiger partial charge on any atom is 0.118 e. The normalized spacial score (nSPS) is 10.5. The van der Waals surface area contributed by atoms with Gasteiger partial charge in [-0.2, -0.15) is 0 Å². The molecule has 0 bridgehead atoms. The number of nitrogens with zero attached hydrogens (tertiary/aromatic N) is 2. The fourth-order valence-corrected chi connectivity index (χ4v) is 2.65. The van der Waals surface area contributed by atoms with E-state index in [0.29, 0.717) is 0 Å². The first kappa shape index (κ1) is 16.0. The highest BCUT2D eigenvalue weighted by Crippen LogP contribution is 2.28. The number of hydrogen-bond donors (Lipinski definition) is 0. The summed E-state index contributed by atoms with van der Waals surface area (Å²) in [5.41, 5.74) is 5.66. The summed E-state index contributed by atoms with van der Waals surface area (Å²) in [6.07, 6.45) is 0. The summed E-state index contributed by atoms with van der Waals surface area (Å²) < 4.78 is 10.4. The average molecular weight is 320 g/mol. The quantitative estimate of drug-likeness (QED) is 0.712. The first-order chi connectivity index (χ1) is 11.6. The Morgan fingerprint density at radius 1 is 0.583 bits per heavy atom. The molecule has 2 aromatic carbocycles. The monoisotopic (exact) mass is 320 g/mol. The molecule has 0 saturated heterocycles. The van der Waals surface area contributed by atoms with Crippen molar-refractivity contribution in [2.75, 3.05) is 14.2 Å². The molecule has 0 radical (unpaired) electrons. The highest BCUT2D eigenvalue weighted by molar-refractivity contribution is 5.68. The van der Waals surface area contributed by atoms with Crippen molar-refractivity contribution >= 4 is 0 Å². The molecule has 0 aliphatic heterocycles. The van der Waals surface area contributed by atoms with Gasteiger partial charge in [0.2, 0.25) is 0 Å². The SMILES string of the molecule is COc1ccc(-c2nc(C)c(-c3ccc(OC)cc3)nc2C)cc1. The summed E-state index contributed by atoms with van der Waals surface area (Å²) in [5.74, 6) is 1.66. The van der Waals surface area contributed by atoms with Gasteiger partial charge in [0, 0.05) is 11.1 Å². The van der Waals surface area contributed by atoms with E-state index < -0.39 is 0 Å². The van der Waals surface area contributed by atoms with Crippen LogP contribution in [0.3, 0.4) is 0 Å². The number of methoxy groups -OCH3 is 2. The fraction of sp³-hybridized carbons (Fsp3) is 0.200. The van der Waals surface area contributed by atoms with Crippen molar-refractivity contribution in [3.05, 3.63) is 59.9 Å². The van der Waals surface area contributed by atoms with Crippen LogP contribution in [-0.4, -0.2) is 24.2 Å². The predicted molar refractivity (Wildman–Crippen MR) is 95.5 cm³/mol. The Kier molecular flexibility index (Phi) is 4.47. The van der Waals surface area contributed by atoms with E-state index in [-0.39, 0.29) is 0 Å². The lowest BCUT2D eigenvalue weighted by molar-refractivity contribution is 0.414. The van der Waals surface area contributed by atoms with Crippen LogP contribution in [0, 0.1) is 13.8 Å². The van der Waals surface area contributed by atoms with Crippen LogP contribution in [0.15, 0.2) is 48.5 Å². The number of aryl methyl sites for hydroxylation is 2. The standard InChI is InChI=1S/C20H20N2O2/c1-13-19(15-5-9-17(23-3)10-6-15)22-14(2)20(21-13)16-7-11-18(24-4)12-8-16/h5-12H,1-4H3. The van der Waals surface area contributed by atoms with E-state index in [0.717, 1.165) is 45.4 Å². The molecule has 4 heteroatoms. The van der Waals surface area contributed by atoms with Gasteiger partial charge in [-0.3, -0.25) is 0 Å². The molecule has 122 valence electrons. The Bertz CT molecular complexity index is 768. The molecule has 1 aromatic heterocycles. The van der Waals surface area contributed by atoms with Crippen LogP contribution in [0.25, 0.3) is 22.5 Å². The Morgan fingerprint density at radius 2 is 0.917 bits per heavy atom. The van der Waals surface area contributed by atoms with E-state index >= 15 is 0 Å². The van der Waals surface area contributed by atoms with E-state index in [9.17, 15) is 0 Å². The Hall–Kier alpha value is -2.88. The highest BCUT2D eigenvalue weighted by Gasteiger charge is 2.12. The van der Waals surface area contributed by atoms with E-state index in [4.69, 9.17) is 19.4 Å². The topological polar surface area (TPSA) is 44.2 Å². The summed E-state index contributed by atoms with van der Waals surface area (Å²) >= 11 is 0. The zero-order valence-electron chi connectivity index (χ0n) is 14.3. The minimum Gasteiger partial charge on any atom is -0.497 e. The third kappa shape index (κ3) is 3.08. The van der Waals surface area contributed by atoms with Crippen LogP contribution in [0.4, 0.5) is 0 Å². The number of hydrogen-bond acceptors (Lipinski definition) is 4. The highest BCUT2D eigenvalue weighted by atomic mass is 16.5. The Balaban J connectivity index is 2.01. The minimum atomic E-state index is 0.830. The number of benzene rings is 2. The summed E-state index contributed by atoms with van der Waals surface area (Å²) in [5, 5.41) is 0. The van der Waals surface area contributed by atoms with Crippen molar-refractivity contribution in [3.63, 3.8) is 0 Å². The minimum absolute atomic E-state index is 0.830. The Morgan fingerprint density at radius 3 is 1.21 bits per heavy atom.